The normalized spacial score (nSPS) is 16.2. The van der Waals surface area contributed by atoms with E-state index >= 15 is 0 Å². The monoisotopic (exact) mass is 274 g/mol. The summed E-state index contributed by atoms with van der Waals surface area (Å²) in [7, 11) is 0. The summed E-state index contributed by atoms with van der Waals surface area (Å²) in [6, 6.07) is 9.22. The van der Waals surface area contributed by atoms with Crippen LogP contribution in [0, 0.1) is 5.41 Å². The summed E-state index contributed by atoms with van der Waals surface area (Å²) in [5.74, 6) is 0. The van der Waals surface area contributed by atoms with Crippen LogP contribution in [-0.4, -0.2) is 0 Å². The van der Waals surface area contributed by atoms with Crippen molar-refractivity contribution in [3.05, 3.63) is 58.7 Å². The third kappa shape index (κ3) is 2.05. The quantitative estimate of drug-likeness (QED) is 0.618. The predicted molar refractivity (Wildman–Crippen MR) is 92.4 cm³/mol. The molecule has 0 saturated heterocycles. The Balaban J connectivity index is 2.07. The van der Waals surface area contributed by atoms with Gasteiger partial charge in [-0.25, -0.2) is 0 Å². The first-order valence-corrected chi connectivity index (χ1v) is 7.96. The van der Waals surface area contributed by atoms with E-state index in [2.05, 4.69) is 63.3 Å². The maximum Gasteiger partial charge on any atom is -0.00672 e. The molecule has 0 heterocycles. The number of benzene rings is 2. The van der Waals surface area contributed by atoms with Crippen LogP contribution in [0.3, 0.4) is 0 Å². The lowest BCUT2D eigenvalue weighted by molar-refractivity contribution is 0.411. The fourth-order valence-electron chi connectivity index (χ4n) is 3.84. The highest BCUT2D eigenvalue weighted by Crippen LogP contribution is 2.42. The minimum Gasteiger partial charge on any atom is -0.0795 e. The fourth-order valence-corrected chi connectivity index (χ4v) is 3.84. The van der Waals surface area contributed by atoms with Gasteiger partial charge < -0.3 is 0 Å². The van der Waals surface area contributed by atoms with Gasteiger partial charge in [-0.05, 0) is 63.3 Å². The molecule has 0 amide bonds. The summed E-state index contributed by atoms with van der Waals surface area (Å²) < 4.78 is 0. The average Bonchev–Trinajstić information content (AvgIpc) is 2.44. The molecule has 0 bridgehead atoms. The first-order chi connectivity index (χ1) is 10.0. The third-order valence-corrected chi connectivity index (χ3v) is 4.61. The van der Waals surface area contributed by atoms with E-state index in [0.717, 1.165) is 19.3 Å². The zero-order valence-corrected chi connectivity index (χ0v) is 13.2. The molecule has 0 saturated carbocycles. The van der Waals surface area contributed by atoms with Gasteiger partial charge in [-0.2, -0.15) is 0 Å². The van der Waals surface area contributed by atoms with E-state index in [1.54, 1.807) is 0 Å². The molecule has 2 aliphatic carbocycles. The molecule has 0 unspecified atom stereocenters. The number of hydrogen-bond acceptors (Lipinski definition) is 0. The molecule has 0 aliphatic heterocycles. The second-order valence-electron chi connectivity index (χ2n) is 7.62. The first kappa shape index (κ1) is 12.9. The smallest absolute Gasteiger partial charge is 0.00672 e. The van der Waals surface area contributed by atoms with Crippen LogP contribution in [0.4, 0.5) is 0 Å². The van der Waals surface area contributed by atoms with E-state index in [-0.39, 0.29) is 0 Å². The number of rotatable bonds is 1. The second-order valence-corrected chi connectivity index (χ2v) is 7.62. The van der Waals surface area contributed by atoms with Gasteiger partial charge in [0, 0.05) is 0 Å². The standard InChI is InChI=1S/C21H22/c1-21(2,3)13-17-12-16-8-4-6-14-10-11-15-7-5-9-18(17)20(15)19(14)16/h4-6,8-9,11-12H,7,10,13H2,1-3H3. The lowest BCUT2D eigenvalue weighted by Gasteiger charge is -2.28. The van der Waals surface area contributed by atoms with Gasteiger partial charge in [0.15, 0.2) is 0 Å². The maximum absolute atomic E-state index is 2.44. The predicted octanol–water partition coefficient (Wildman–Crippen LogP) is 5.78. The summed E-state index contributed by atoms with van der Waals surface area (Å²) >= 11 is 0. The van der Waals surface area contributed by atoms with Crippen molar-refractivity contribution >= 4 is 22.4 Å². The van der Waals surface area contributed by atoms with E-state index in [0.29, 0.717) is 5.41 Å². The molecular weight excluding hydrogens is 252 g/mol. The molecule has 2 aromatic carbocycles. The van der Waals surface area contributed by atoms with Gasteiger partial charge in [0.05, 0.1) is 0 Å². The number of allylic oxidation sites excluding steroid dienone is 3. The van der Waals surface area contributed by atoms with Crippen molar-refractivity contribution in [2.75, 3.05) is 0 Å². The minimum atomic E-state index is 0.318. The Morgan fingerprint density at radius 1 is 1.10 bits per heavy atom. The Hall–Kier alpha value is -1.82. The SMILES string of the molecule is CC(C)(C)Cc1cc2cccc3c2c2c1C=CCC2=CC3. The molecule has 0 nitrogen and oxygen atoms in total. The van der Waals surface area contributed by atoms with Gasteiger partial charge in [0.25, 0.3) is 0 Å². The van der Waals surface area contributed by atoms with Crippen LogP contribution >= 0.6 is 0 Å². The summed E-state index contributed by atoms with van der Waals surface area (Å²) in [5, 5.41) is 2.93. The highest BCUT2D eigenvalue weighted by atomic mass is 14.3. The minimum absolute atomic E-state index is 0.318. The highest BCUT2D eigenvalue weighted by Gasteiger charge is 2.23. The third-order valence-electron chi connectivity index (χ3n) is 4.61. The molecule has 2 aromatic rings. The maximum atomic E-state index is 2.44. The first-order valence-electron chi connectivity index (χ1n) is 7.96. The largest absolute Gasteiger partial charge is 0.0795 e. The van der Waals surface area contributed by atoms with Crippen LogP contribution in [-0.2, 0) is 12.8 Å². The van der Waals surface area contributed by atoms with Crippen molar-refractivity contribution in [1.82, 2.24) is 0 Å². The molecule has 0 radical (unpaired) electrons. The molecule has 0 heteroatoms. The fraction of sp³-hybridized carbons (Fsp3) is 0.333. The Morgan fingerprint density at radius 3 is 2.76 bits per heavy atom. The Labute approximate surface area is 127 Å². The summed E-state index contributed by atoms with van der Waals surface area (Å²) in [5.41, 5.74) is 7.85. The van der Waals surface area contributed by atoms with Crippen molar-refractivity contribution in [3.8, 4) is 0 Å². The zero-order chi connectivity index (χ0) is 14.6. The molecule has 2 aliphatic rings. The molecule has 0 N–H and O–H groups in total. The van der Waals surface area contributed by atoms with Gasteiger partial charge in [0.2, 0.25) is 0 Å². The summed E-state index contributed by atoms with van der Waals surface area (Å²) in [6.07, 6.45) is 10.4. The van der Waals surface area contributed by atoms with Crippen LogP contribution in [0.1, 0.15) is 49.4 Å². The van der Waals surface area contributed by atoms with Crippen LogP contribution < -0.4 is 0 Å². The van der Waals surface area contributed by atoms with E-state index in [1.165, 1.54) is 38.6 Å². The topological polar surface area (TPSA) is 0 Å². The van der Waals surface area contributed by atoms with Crippen molar-refractivity contribution in [1.29, 1.82) is 0 Å². The Kier molecular flexibility index (Phi) is 2.66. The lowest BCUT2D eigenvalue weighted by atomic mass is 9.77. The van der Waals surface area contributed by atoms with Crippen LogP contribution in [0.2, 0.25) is 0 Å². The Morgan fingerprint density at radius 2 is 1.95 bits per heavy atom. The van der Waals surface area contributed by atoms with Gasteiger partial charge >= 0.3 is 0 Å². The van der Waals surface area contributed by atoms with Crippen LogP contribution in [0.5, 0.6) is 0 Å². The van der Waals surface area contributed by atoms with Gasteiger partial charge in [-0.15, -0.1) is 0 Å². The van der Waals surface area contributed by atoms with E-state index in [1.807, 2.05) is 0 Å². The molecule has 4 rings (SSSR count). The van der Waals surface area contributed by atoms with Gasteiger partial charge in [0.1, 0.15) is 0 Å². The van der Waals surface area contributed by atoms with E-state index in [9.17, 15) is 0 Å². The van der Waals surface area contributed by atoms with Crippen molar-refractivity contribution < 1.29 is 0 Å². The molecule has 0 spiro atoms. The van der Waals surface area contributed by atoms with E-state index < -0.39 is 0 Å². The van der Waals surface area contributed by atoms with Crippen LogP contribution in [0.25, 0.3) is 22.4 Å². The Bertz CT molecular complexity index is 795. The highest BCUT2D eigenvalue weighted by molar-refractivity contribution is 6.03. The van der Waals surface area contributed by atoms with Crippen molar-refractivity contribution in [2.45, 2.75) is 40.0 Å². The molecular formula is C21H22. The van der Waals surface area contributed by atoms with Gasteiger partial charge in [-0.3, -0.25) is 0 Å². The van der Waals surface area contributed by atoms with Crippen LogP contribution in [0.15, 0.2) is 36.4 Å². The molecule has 21 heavy (non-hydrogen) atoms. The number of hydrogen-bond donors (Lipinski definition) is 0. The van der Waals surface area contributed by atoms with Crippen molar-refractivity contribution in [2.24, 2.45) is 5.41 Å². The van der Waals surface area contributed by atoms with Crippen molar-refractivity contribution in [3.63, 3.8) is 0 Å². The molecule has 0 aromatic heterocycles. The summed E-state index contributed by atoms with van der Waals surface area (Å²) in [4.78, 5) is 0. The zero-order valence-electron chi connectivity index (χ0n) is 13.2. The molecule has 0 atom stereocenters. The molecule has 106 valence electrons. The second kappa shape index (κ2) is 4.34. The average molecular weight is 274 g/mol. The van der Waals surface area contributed by atoms with Gasteiger partial charge in [-0.1, -0.05) is 63.3 Å². The van der Waals surface area contributed by atoms with E-state index in [4.69, 9.17) is 0 Å². The lowest BCUT2D eigenvalue weighted by Crippen LogP contribution is -2.13. The molecule has 0 fully saturated rings. The summed E-state index contributed by atoms with van der Waals surface area (Å²) in [6.45, 7) is 6.99.